The molecule has 5 nitrogen and oxygen atoms in total. The Hall–Kier alpha value is -2.51. The van der Waals surface area contributed by atoms with Crippen LogP contribution in [0.4, 0.5) is 5.13 Å². The van der Waals surface area contributed by atoms with Gasteiger partial charge >= 0.3 is 0 Å². The number of carbonyl (C=O) groups is 1. The average molecular weight is 368 g/mol. The maximum Gasteiger partial charge on any atom is 0.276 e. The number of para-hydroxylation sites is 1. The number of fused-ring (bicyclic) bond motifs is 1. The Morgan fingerprint density at radius 2 is 2.04 bits per heavy atom. The van der Waals surface area contributed by atoms with Crippen LogP contribution in [-0.4, -0.2) is 20.4 Å². The van der Waals surface area contributed by atoms with Crippen LogP contribution in [-0.2, 0) is 6.54 Å². The molecule has 0 aliphatic rings. The van der Waals surface area contributed by atoms with E-state index < -0.39 is 0 Å². The lowest BCUT2D eigenvalue weighted by Crippen LogP contribution is -2.12. The number of nitrogens with one attached hydrogen (secondary N) is 1. The highest BCUT2D eigenvalue weighted by molar-refractivity contribution is 7.14. The third kappa shape index (κ3) is 2.96. The summed E-state index contributed by atoms with van der Waals surface area (Å²) in [6.07, 6.45) is 0. The quantitative estimate of drug-likeness (QED) is 0.563. The summed E-state index contributed by atoms with van der Waals surface area (Å²) in [5.41, 5.74) is 3.53. The molecule has 0 atom stereocenters. The zero-order chi connectivity index (χ0) is 17.4. The Balaban J connectivity index is 1.66. The molecule has 0 unspecified atom stereocenters. The van der Waals surface area contributed by atoms with Crippen molar-refractivity contribution in [2.45, 2.75) is 20.4 Å². The predicted molar refractivity (Wildman–Crippen MR) is 104 cm³/mol. The molecule has 3 heterocycles. The van der Waals surface area contributed by atoms with Gasteiger partial charge in [-0.1, -0.05) is 18.2 Å². The molecule has 0 aliphatic heterocycles. The molecule has 0 saturated heterocycles. The molecule has 0 spiro atoms. The van der Waals surface area contributed by atoms with E-state index in [9.17, 15) is 4.79 Å². The number of rotatable bonds is 4. The second-order valence-electron chi connectivity index (χ2n) is 5.62. The maximum atomic E-state index is 12.4. The van der Waals surface area contributed by atoms with Crippen molar-refractivity contribution in [3.63, 3.8) is 0 Å². The number of hydrogen-bond donors (Lipinski definition) is 1. The molecule has 126 valence electrons. The van der Waals surface area contributed by atoms with E-state index in [-0.39, 0.29) is 5.91 Å². The minimum Gasteiger partial charge on any atom is -0.339 e. The molecular weight excluding hydrogens is 352 g/mol. The average Bonchev–Trinajstić information content (AvgIpc) is 3.32. The number of nitrogens with zero attached hydrogens (tertiary/aromatic N) is 3. The van der Waals surface area contributed by atoms with Gasteiger partial charge in [-0.3, -0.25) is 10.1 Å². The first-order valence-corrected chi connectivity index (χ1v) is 9.69. The van der Waals surface area contributed by atoms with Crippen LogP contribution in [0, 0.1) is 6.92 Å². The van der Waals surface area contributed by atoms with Gasteiger partial charge in [0.2, 0.25) is 0 Å². The molecule has 4 aromatic rings. The third-order valence-electron chi connectivity index (χ3n) is 3.92. The summed E-state index contributed by atoms with van der Waals surface area (Å²) < 4.78 is 2.22. The number of benzene rings is 1. The van der Waals surface area contributed by atoms with Crippen LogP contribution in [0.3, 0.4) is 0 Å². The van der Waals surface area contributed by atoms with Crippen LogP contribution in [0.15, 0.2) is 41.1 Å². The molecule has 7 heteroatoms. The van der Waals surface area contributed by atoms with E-state index in [0.717, 1.165) is 22.9 Å². The smallest absolute Gasteiger partial charge is 0.276 e. The SMILES string of the molecule is CCn1c(-c2nc(C(=O)Nc3nc(C)cs3)cs2)cc2ccccc21. The summed E-state index contributed by atoms with van der Waals surface area (Å²) >= 11 is 2.89. The predicted octanol–water partition coefficient (Wildman–Crippen LogP) is 4.80. The van der Waals surface area contributed by atoms with Crippen LogP contribution in [0.2, 0.25) is 0 Å². The molecule has 1 amide bonds. The second-order valence-corrected chi connectivity index (χ2v) is 7.33. The van der Waals surface area contributed by atoms with Crippen LogP contribution in [0.5, 0.6) is 0 Å². The van der Waals surface area contributed by atoms with E-state index in [4.69, 9.17) is 0 Å². The van der Waals surface area contributed by atoms with Crippen molar-refractivity contribution >= 4 is 44.6 Å². The summed E-state index contributed by atoms with van der Waals surface area (Å²) in [5.74, 6) is -0.226. The second kappa shape index (κ2) is 6.42. The number of aromatic nitrogens is 3. The fourth-order valence-electron chi connectivity index (χ4n) is 2.80. The lowest BCUT2D eigenvalue weighted by Gasteiger charge is -2.05. The molecular formula is C18H16N4OS2. The Bertz CT molecular complexity index is 1060. The molecule has 0 saturated carbocycles. The van der Waals surface area contributed by atoms with E-state index in [1.54, 1.807) is 5.38 Å². The Morgan fingerprint density at radius 1 is 1.20 bits per heavy atom. The molecule has 0 aliphatic carbocycles. The normalized spacial score (nSPS) is 11.1. The number of aryl methyl sites for hydroxylation is 2. The minimum absolute atomic E-state index is 0.226. The Labute approximate surface area is 153 Å². The monoisotopic (exact) mass is 368 g/mol. The van der Waals surface area contributed by atoms with Gasteiger partial charge in [0.15, 0.2) is 5.13 Å². The summed E-state index contributed by atoms with van der Waals surface area (Å²) in [4.78, 5) is 21.2. The van der Waals surface area contributed by atoms with Crippen molar-refractivity contribution in [2.24, 2.45) is 0 Å². The summed E-state index contributed by atoms with van der Waals surface area (Å²) in [7, 11) is 0. The van der Waals surface area contributed by atoms with Crippen LogP contribution >= 0.6 is 22.7 Å². The van der Waals surface area contributed by atoms with E-state index in [1.807, 2.05) is 24.4 Å². The molecule has 1 aromatic carbocycles. The first-order chi connectivity index (χ1) is 12.2. The van der Waals surface area contributed by atoms with Crippen molar-refractivity contribution in [3.8, 4) is 10.7 Å². The standard InChI is InChI=1S/C18H16N4OS2/c1-3-22-14-7-5-4-6-12(14)8-15(22)17-20-13(10-24-17)16(23)21-18-19-11(2)9-25-18/h4-10H,3H2,1-2H3,(H,19,21,23). The van der Waals surface area contributed by atoms with Crippen molar-refractivity contribution < 1.29 is 4.79 Å². The van der Waals surface area contributed by atoms with Crippen molar-refractivity contribution in [3.05, 3.63) is 52.5 Å². The van der Waals surface area contributed by atoms with E-state index in [0.29, 0.717) is 10.8 Å². The van der Waals surface area contributed by atoms with Crippen molar-refractivity contribution in [1.82, 2.24) is 14.5 Å². The number of anilines is 1. The molecule has 0 fully saturated rings. The van der Waals surface area contributed by atoms with Crippen LogP contribution in [0.25, 0.3) is 21.6 Å². The maximum absolute atomic E-state index is 12.4. The van der Waals surface area contributed by atoms with Gasteiger partial charge < -0.3 is 4.57 Å². The van der Waals surface area contributed by atoms with Crippen molar-refractivity contribution in [1.29, 1.82) is 0 Å². The molecule has 0 bridgehead atoms. The van der Waals surface area contributed by atoms with Crippen LogP contribution in [0.1, 0.15) is 23.1 Å². The Kier molecular flexibility index (Phi) is 4.10. The summed E-state index contributed by atoms with van der Waals surface area (Å²) in [5, 5.41) is 9.13. The van der Waals surface area contributed by atoms with Gasteiger partial charge in [0, 0.05) is 28.2 Å². The lowest BCUT2D eigenvalue weighted by atomic mass is 10.2. The minimum atomic E-state index is -0.226. The molecule has 1 N–H and O–H groups in total. The number of carbonyl (C=O) groups excluding carboxylic acids is 1. The molecule has 3 aromatic heterocycles. The largest absolute Gasteiger partial charge is 0.339 e. The van der Waals surface area contributed by atoms with Crippen LogP contribution < -0.4 is 5.32 Å². The van der Waals surface area contributed by atoms with Gasteiger partial charge in [-0.2, -0.15) is 0 Å². The zero-order valence-electron chi connectivity index (χ0n) is 13.8. The zero-order valence-corrected chi connectivity index (χ0v) is 15.4. The molecule has 0 radical (unpaired) electrons. The van der Waals surface area contributed by atoms with Gasteiger partial charge in [0.1, 0.15) is 10.7 Å². The highest BCUT2D eigenvalue weighted by Gasteiger charge is 2.16. The third-order valence-corrected chi connectivity index (χ3v) is 5.66. The lowest BCUT2D eigenvalue weighted by molar-refractivity contribution is 0.102. The van der Waals surface area contributed by atoms with E-state index >= 15 is 0 Å². The van der Waals surface area contributed by atoms with Gasteiger partial charge in [-0.05, 0) is 26.0 Å². The number of hydrogen-bond acceptors (Lipinski definition) is 5. The fourth-order valence-corrected chi connectivity index (χ4v) is 4.30. The van der Waals surface area contributed by atoms with E-state index in [1.165, 1.54) is 33.6 Å². The highest BCUT2D eigenvalue weighted by Crippen LogP contribution is 2.30. The number of amides is 1. The Morgan fingerprint density at radius 3 is 2.80 bits per heavy atom. The van der Waals surface area contributed by atoms with Crippen molar-refractivity contribution in [2.75, 3.05) is 5.32 Å². The van der Waals surface area contributed by atoms with Gasteiger partial charge in [-0.25, -0.2) is 9.97 Å². The molecule has 25 heavy (non-hydrogen) atoms. The summed E-state index contributed by atoms with van der Waals surface area (Å²) in [6, 6.07) is 10.4. The summed E-state index contributed by atoms with van der Waals surface area (Å²) in [6.45, 7) is 4.86. The van der Waals surface area contributed by atoms with Gasteiger partial charge in [0.25, 0.3) is 5.91 Å². The van der Waals surface area contributed by atoms with Gasteiger partial charge in [0.05, 0.1) is 11.4 Å². The van der Waals surface area contributed by atoms with E-state index in [2.05, 4.69) is 45.0 Å². The first kappa shape index (κ1) is 16.0. The number of thiazole rings is 2. The van der Waals surface area contributed by atoms with Gasteiger partial charge in [-0.15, -0.1) is 22.7 Å². The molecule has 4 rings (SSSR count). The first-order valence-electron chi connectivity index (χ1n) is 7.93. The highest BCUT2D eigenvalue weighted by atomic mass is 32.1. The topological polar surface area (TPSA) is 59.8 Å². The fraction of sp³-hybridized carbons (Fsp3) is 0.167.